The lowest BCUT2D eigenvalue weighted by molar-refractivity contribution is 0.123. The molecular formula is C12H24N2S2. The monoisotopic (exact) mass is 260 g/mol. The van der Waals surface area contributed by atoms with Crippen LogP contribution in [0.4, 0.5) is 0 Å². The Morgan fingerprint density at radius 3 is 2.62 bits per heavy atom. The molecule has 0 bridgehead atoms. The summed E-state index contributed by atoms with van der Waals surface area (Å²) in [7, 11) is 0. The molecule has 0 aromatic rings. The van der Waals surface area contributed by atoms with Crippen LogP contribution in [0.3, 0.4) is 0 Å². The predicted molar refractivity (Wildman–Crippen MR) is 76.5 cm³/mol. The third-order valence-electron chi connectivity index (χ3n) is 3.97. The van der Waals surface area contributed by atoms with Gasteiger partial charge < -0.3 is 5.73 Å². The summed E-state index contributed by atoms with van der Waals surface area (Å²) in [5, 5.41) is 0. The zero-order valence-electron chi connectivity index (χ0n) is 10.5. The highest BCUT2D eigenvalue weighted by atomic mass is 32.2. The number of thioether (sulfide) groups is 2. The van der Waals surface area contributed by atoms with Crippen LogP contribution in [0.15, 0.2) is 0 Å². The molecule has 2 aliphatic rings. The van der Waals surface area contributed by atoms with E-state index >= 15 is 0 Å². The second-order valence-corrected chi connectivity index (χ2v) is 8.48. The van der Waals surface area contributed by atoms with E-state index in [1.807, 2.05) is 0 Å². The molecule has 0 aromatic carbocycles. The van der Waals surface area contributed by atoms with Gasteiger partial charge in [-0.3, -0.25) is 4.90 Å². The average Bonchev–Trinajstić information content (AvgIpc) is 2.65. The highest BCUT2D eigenvalue weighted by Gasteiger charge is 2.40. The Morgan fingerprint density at radius 1 is 1.19 bits per heavy atom. The molecule has 2 heterocycles. The summed E-state index contributed by atoms with van der Waals surface area (Å²) < 4.78 is 0.455. The van der Waals surface area contributed by atoms with Crippen LogP contribution in [0.2, 0.25) is 0 Å². The molecule has 0 radical (unpaired) electrons. The van der Waals surface area contributed by atoms with E-state index < -0.39 is 0 Å². The third kappa shape index (κ3) is 2.71. The van der Waals surface area contributed by atoms with Crippen molar-refractivity contribution in [3.05, 3.63) is 0 Å². The average molecular weight is 260 g/mol. The van der Waals surface area contributed by atoms with Crippen molar-refractivity contribution < 1.29 is 0 Å². The van der Waals surface area contributed by atoms with Crippen LogP contribution >= 0.6 is 23.5 Å². The maximum Gasteiger partial charge on any atom is 0.0430 e. The first-order chi connectivity index (χ1) is 7.58. The molecular weight excluding hydrogens is 236 g/mol. The van der Waals surface area contributed by atoms with Crippen LogP contribution in [0, 0.1) is 0 Å². The molecule has 94 valence electrons. The van der Waals surface area contributed by atoms with Crippen molar-refractivity contribution in [1.29, 1.82) is 0 Å². The fourth-order valence-corrected chi connectivity index (χ4v) is 5.22. The van der Waals surface area contributed by atoms with E-state index in [1.54, 1.807) is 0 Å². The fourth-order valence-electron chi connectivity index (χ4n) is 2.63. The molecule has 16 heavy (non-hydrogen) atoms. The lowest BCUT2D eigenvalue weighted by Crippen LogP contribution is -2.55. The Bertz CT molecular complexity index is 237. The highest BCUT2D eigenvalue weighted by Crippen LogP contribution is 2.37. The van der Waals surface area contributed by atoms with Gasteiger partial charge in [0.1, 0.15) is 0 Å². The van der Waals surface area contributed by atoms with Crippen molar-refractivity contribution in [2.75, 3.05) is 36.9 Å². The molecule has 4 heteroatoms. The Kier molecular flexibility index (Phi) is 4.15. The fraction of sp³-hybridized carbons (Fsp3) is 1.00. The summed E-state index contributed by atoms with van der Waals surface area (Å²) in [5.74, 6) is 3.80. The second kappa shape index (κ2) is 5.09. The van der Waals surface area contributed by atoms with E-state index in [4.69, 9.17) is 5.73 Å². The van der Waals surface area contributed by atoms with Gasteiger partial charge in [0, 0.05) is 41.4 Å². The van der Waals surface area contributed by atoms with Gasteiger partial charge in [-0.1, -0.05) is 13.8 Å². The Hall–Kier alpha value is 0.620. The smallest absolute Gasteiger partial charge is 0.0430 e. The SMILES string of the molecule is CC1(C)CCN(C2(CN)CCSC2)CCS1. The van der Waals surface area contributed by atoms with Crippen LogP contribution < -0.4 is 5.73 Å². The zero-order chi connectivity index (χ0) is 11.6. The number of hydrogen-bond acceptors (Lipinski definition) is 4. The molecule has 0 amide bonds. The molecule has 1 unspecified atom stereocenters. The van der Waals surface area contributed by atoms with Crippen LogP contribution in [0.1, 0.15) is 26.7 Å². The van der Waals surface area contributed by atoms with E-state index in [1.165, 1.54) is 43.2 Å². The van der Waals surface area contributed by atoms with E-state index in [9.17, 15) is 0 Å². The van der Waals surface area contributed by atoms with Gasteiger partial charge in [-0.05, 0) is 18.6 Å². The van der Waals surface area contributed by atoms with Gasteiger partial charge in [0.2, 0.25) is 0 Å². The molecule has 2 rings (SSSR count). The molecule has 2 aliphatic heterocycles. The van der Waals surface area contributed by atoms with Crippen molar-refractivity contribution in [1.82, 2.24) is 4.90 Å². The van der Waals surface area contributed by atoms with Crippen LogP contribution in [-0.4, -0.2) is 52.1 Å². The van der Waals surface area contributed by atoms with E-state index in [2.05, 4.69) is 42.3 Å². The summed E-state index contributed by atoms with van der Waals surface area (Å²) in [4.78, 5) is 2.69. The predicted octanol–water partition coefficient (Wildman–Crippen LogP) is 2.04. The number of nitrogens with zero attached hydrogens (tertiary/aromatic N) is 1. The van der Waals surface area contributed by atoms with E-state index in [0.717, 1.165) is 6.54 Å². The van der Waals surface area contributed by atoms with Gasteiger partial charge in [-0.25, -0.2) is 0 Å². The number of nitrogens with two attached hydrogens (primary N) is 1. The Balaban J connectivity index is 2.03. The molecule has 0 aliphatic carbocycles. The minimum absolute atomic E-state index is 0.325. The zero-order valence-corrected chi connectivity index (χ0v) is 12.1. The van der Waals surface area contributed by atoms with E-state index in [-0.39, 0.29) is 0 Å². The number of hydrogen-bond donors (Lipinski definition) is 1. The second-order valence-electron chi connectivity index (χ2n) is 5.58. The molecule has 2 saturated heterocycles. The van der Waals surface area contributed by atoms with Gasteiger partial charge in [-0.2, -0.15) is 23.5 Å². The first-order valence-electron chi connectivity index (χ1n) is 6.25. The van der Waals surface area contributed by atoms with Crippen LogP contribution in [0.5, 0.6) is 0 Å². The molecule has 0 spiro atoms. The summed E-state index contributed by atoms with van der Waals surface area (Å²) >= 11 is 4.20. The molecule has 0 saturated carbocycles. The molecule has 2 nitrogen and oxygen atoms in total. The normalized spacial score (nSPS) is 36.2. The topological polar surface area (TPSA) is 29.3 Å². The molecule has 2 N–H and O–H groups in total. The van der Waals surface area contributed by atoms with Crippen molar-refractivity contribution in [3.63, 3.8) is 0 Å². The Morgan fingerprint density at radius 2 is 2.00 bits per heavy atom. The van der Waals surface area contributed by atoms with Crippen molar-refractivity contribution in [2.45, 2.75) is 37.0 Å². The Labute approximate surface area is 108 Å². The molecule has 1 atom stereocenters. The maximum atomic E-state index is 6.06. The number of rotatable bonds is 2. The van der Waals surface area contributed by atoms with Gasteiger partial charge >= 0.3 is 0 Å². The van der Waals surface area contributed by atoms with Crippen molar-refractivity contribution in [2.24, 2.45) is 5.73 Å². The largest absolute Gasteiger partial charge is 0.329 e. The molecule has 2 fully saturated rings. The minimum Gasteiger partial charge on any atom is -0.329 e. The van der Waals surface area contributed by atoms with Gasteiger partial charge in [0.25, 0.3) is 0 Å². The van der Waals surface area contributed by atoms with Gasteiger partial charge in [-0.15, -0.1) is 0 Å². The summed E-state index contributed by atoms with van der Waals surface area (Å²) in [6.45, 7) is 8.05. The first kappa shape index (κ1) is 13.1. The lowest BCUT2D eigenvalue weighted by atomic mass is 9.95. The lowest BCUT2D eigenvalue weighted by Gasteiger charge is -2.39. The van der Waals surface area contributed by atoms with Gasteiger partial charge in [0.05, 0.1) is 0 Å². The van der Waals surface area contributed by atoms with E-state index in [0.29, 0.717) is 10.3 Å². The summed E-state index contributed by atoms with van der Waals surface area (Å²) in [5.41, 5.74) is 6.38. The first-order valence-corrected chi connectivity index (χ1v) is 8.39. The van der Waals surface area contributed by atoms with Gasteiger partial charge in [0.15, 0.2) is 0 Å². The maximum absolute atomic E-state index is 6.06. The third-order valence-corrected chi connectivity index (χ3v) is 6.58. The van der Waals surface area contributed by atoms with Crippen molar-refractivity contribution in [3.8, 4) is 0 Å². The quantitative estimate of drug-likeness (QED) is 0.823. The standard InChI is InChI=1S/C12H24N2S2/c1-11(2)3-5-14(6-8-16-11)12(9-13)4-7-15-10-12/h3-10,13H2,1-2H3. The summed E-state index contributed by atoms with van der Waals surface area (Å²) in [6, 6.07) is 0. The van der Waals surface area contributed by atoms with Crippen molar-refractivity contribution >= 4 is 23.5 Å². The highest BCUT2D eigenvalue weighted by molar-refractivity contribution is 8.00. The van der Waals surface area contributed by atoms with Crippen LogP contribution in [-0.2, 0) is 0 Å². The van der Waals surface area contributed by atoms with Crippen LogP contribution in [0.25, 0.3) is 0 Å². The summed E-state index contributed by atoms with van der Waals surface area (Å²) in [6.07, 6.45) is 2.59. The minimum atomic E-state index is 0.325. The molecule has 0 aromatic heterocycles.